The number of piperidine rings is 1. The lowest BCUT2D eigenvalue weighted by molar-refractivity contribution is 0.109. The van der Waals surface area contributed by atoms with Gasteiger partial charge in [0.2, 0.25) is 0 Å². The number of rotatable bonds is 0. The van der Waals surface area contributed by atoms with Crippen molar-refractivity contribution in [2.45, 2.75) is 32.1 Å². The Labute approximate surface area is 141 Å². The van der Waals surface area contributed by atoms with Crippen molar-refractivity contribution in [2.75, 3.05) is 52.5 Å². The summed E-state index contributed by atoms with van der Waals surface area (Å²) in [6, 6.07) is 5.72. The largest absolute Gasteiger partial charge is 0.379 e. The molecule has 0 saturated carbocycles. The van der Waals surface area contributed by atoms with Gasteiger partial charge in [0.1, 0.15) is 0 Å². The Bertz CT molecular complexity index is 243. The number of nitrogens with one attached hydrogen (secondary N) is 3. The van der Waals surface area contributed by atoms with Crippen LogP contribution in [0.2, 0.25) is 0 Å². The molecule has 3 aliphatic heterocycles. The highest BCUT2D eigenvalue weighted by molar-refractivity contribution is 4.88. The summed E-state index contributed by atoms with van der Waals surface area (Å²) >= 11 is 0. The van der Waals surface area contributed by atoms with Crippen LogP contribution in [-0.2, 0) is 4.74 Å². The molecule has 3 fully saturated rings. The first-order valence-electron chi connectivity index (χ1n) is 9.05. The Morgan fingerprint density at radius 2 is 1.04 bits per heavy atom. The minimum absolute atomic E-state index is 0.889. The zero-order chi connectivity index (χ0) is 16.3. The molecular formula is C18H34N4O. The third-order valence-electron chi connectivity index (χ3n) is 3.58. The van der Waals surface area contributed by atoms with Crippen LogP contribution in [0.1, 0.15) is 32.1 Å². The number of hydrogen-bond acceptors (Lipinski definition) is 5. The average molecular weight is 322 g/mol. The van der Waals surface area contributed by atoms with Crippen LogP contribution in [0.3, 0.4) is 0 Å². The van der Waals surface area contributed by atoms with Crippen LogP contribution < -0.4 is 16.0 Å². The fourth-order valence-electron chi connectivity index (χ4n) is 2.26. The minimum Gasteiger partial charge on any atom is -0.379 e. The van der Waals surface area contributed by atoms with Gasteiger partial charge >= 0.3 is 0 Å². The van der Waals surface area contributed by atoms with Crippen LogP contribution in [0, 0.1) is 0 Å². The standard InChI is InChI=1S/C5H11N.C5H5N.C4H9NO.C4H9N/c2*1-2-4-6-5-3-1;1-3-6-4-2-5-1;1-2-4-5-3-1/h6H,1-5H2;1-5H;5H,1-4H2;5H,1-4H2. The van der Waals surface area contributed by atoms with Crippen LogP contribution in [0.5, 0.6) is 0 Å². The lowest BCUT2D eigenvalue weighted by Crippen LogP contribution is -2.30. The van der Waals surface area contributed by atoms with Crippen molar-refractivity contribution >= 4 is 0 Å². The van der Waals surface area contributed by atoms with Gasteiger partial charge in [-0.1, -0.05) is 12.5 Å². The first-order chi connectivity index (χ1) is 11.5. The maximum absolute atomic E-state index is 5.01. The van der Waals surface area contributed by atoms with Crippen molar-refractivity contribution < 1.29 is 4.74 Å². The lowest BCUT2D eigenvalue weighted by Gasteiger charge is -2.10. The summed E-state index contributed by atoms with van der Waals surface area (Å²) < 4.78 is 5.01. The maximum atomic E-state index is 5.01. The number of morpholine rings is 1. The van der Waals surface area contributed by atoms with Crippen LogP contribution in [0.15, 0.2) is 30.6 Å². The van der Waals surface area contributed by atoms with E-state index in [4.69, 9.17) is 4.74 Å². The van der Waals surface area contributed by atoms with Crippen molar-refractivity contribution in [2.24, 2.45) is 0 Å². The molecule has 0 atom stereocenters. The number of nitrogens with zero attached hydrogens (tertiary/aromatic N) is 1. The fourth-order valence-corrected chi connectivity index (χ4v) is 2.26. The van der Waals surface area contributed by atoms with Crippen molar-refractivity contribution in [1.29, 1.82) is 0 Å². The molecule has 0 amide bonds. The Hall–Kier alpha value is -1.01. The maximum Gasteiger partial charge on any atom is 0.0591 e. The zero-order valence-corrected chi connectivity index (χ0v) is 14.4. The second-order valence-corrected chi connectivity index (χ2v) is 5.65. The van der Waals surface area contributed by atoms with Gasteiger partial charge in [0.25, 0.3) is 0 Å². The molecule has 0 aliphatic carbocycles. The second kappa shape index (κ2) is 17.3. The summed E-state index contributed by atoms with van der Waals surface area (Å²) in [5.41, 5.74) is 0. The van der Waals surface area contributed by atoms with E-state index in [0.717, 1.165) is 26.3 Å². The first-order valence-corrected chi connectivity index (χ1v) is 9.05. The van der Waals surface area contributed by atoms with Crippen LogP contribution in [0.4, 0.5) is 0 Å². The first kappa shape index (κ1) is 20.0. The minimum atomic E-state index is 0.889. The molecule has 4 rings (SSSR count). The molecule has 0 aromatic carbocycles. The van der Waals surface area contributed by atoms with E-state index < -0.39 is 0 Å². The van der Waals surface area contributed by atoms with Crippen molar-refractivity contribution in [3.05, 3.63) is 30.6 Å². The highest BCUT2D eigenvalue weighted by Crippen LogP contribution is 1.96. The molecule has 4 heterocycles. The topological polar surface area (TPSA) is 58.2 Å². The molecule has 0 bridgehead atoms. The Balaban J connectivity index is 0.000000154. The average Bonchev–Trinajstić information content (AvgIpc) is 3.27. The van der Waals surface area contributed by atoms with E-state index in [-0.39, 0.29) is 0 Å². The van der Waals surface area contributed by atoms with E-state index in [0.29, 0.717) is 0 Å². The molecule has 3 N–H and O–H groups in total. The Morgan fingerprint density at radius 3 is 1.22 bits per heavy atom. The Morgan fingerprint density at radius 1 is 0.565 bits per heavy atom. The zero-order valence-electron chi connectivity index (χ0n) is 14.4. The van der Waals surface area contributed by atoms with Gasteiger partial charge in [0.15, 0.2) is 0 Å². The molecule has 132 valence electrons. The van der Waals surface area contributed by atoms with Gasteiger partial charge < -0.3 is 20.7 Å². The molecule has 1 aromatic rings. The van der Waals surface area contributed by atoms with Crippen molar-refractivity contribution in [3.63, 3.8) is 0 Å². The van der Waals surface area contributed by atoms with E-state index in [1.165, 1.54) is 58.3 Å². The molecule has 3 saturated heterocycles. The van der Waals surface area contributed by atoms with Gasteiger partial charge in [-0.05, 0) is 64.0 Å². The third kappa shape index (κ3) is 15.7. The SMILES string of the molecule is C1CCNC1.C1CCNCC1.C1COCCN1.c1ccncc1. The lowest BCUT2D eigenvalue weighted by atomic mass is 10.2. The molecule has 0 radical (unpaired) electrons. The fraction of sp³-hybridized carbons (Fsp3) is 0.722. The molecule has 23 heavy (non-hydrogen) atoms. The quantitative estimate of drug-likeness (QED) is 0.680. The highest BCUT2D eigenvalue weighted by atomic mass is 16.5. The molecule has 1 aromatic heterocycles. The number of hydrogen-bond donors (Lipinski definition) is 3. The van der Waals surface area contributed by atoms with Gasteiger partial charge in [-0.2, -0.15) is 0 Å². The molecule has 5 nitrogen and oxygen atoms in total. The van der Waals surface area contributed by atoms with Crippen LogP contribution >= 0.6 is 0 Å². The Kier molecular flexibility index (Phi) is 15.1. The summed E-state index contributed by atoms with van der Waals surface area (Å²) in [6.45, 7) is 8.83. The van der Waals surface area contributed by atoms with E-state index in [2.05, 4.69) is 20.9 Å². The molecular weight excluding hydrogens is 288 g/mol. The summed E-state index contributed by atoms with van der Waals surface area (Å²) in [4.78, 5) is 3.78. The van der Waals surface area contributed by atoms with Gasteiger partial charge in [-0.25, -0.2) is 0 Å². The third-order valence-corrected chi connectivity index (χ3v) is 3.58. The van der Waals surface area contributed by atoms with Gasteiger partial charge in [0, 0.05) is 25.5 Å². The van der Waals surface area contributed by atoms with Crippen LogP contribution in [-0.4, -0.2) is 57.5 Å². The summed E-state index contributed by atoms with van der Waals surface area (Å²) in [5, 5.41) is 9.67. The van der Waals surface area contributed by atoms with E-state index in [9.17, 15) is 0 Å². The summed E-state index contributed by atoms with van der Waals surface area (Å²) in [5.74, 6) is 0. The van der Waals surface area contributed by atoms with E-state index in [1.54, 1.807) is 12.4 Å². The number of pyridine rings is 1. The number of aromatic nitrogens is 1. The van der Waals surface area contributed by atoms with Crippen molar-refractivity contribution in [3.8, 4) is 0 Å². The molecule has 3 aliphatic rings. The van der Waals surface area contributed by atoms with E-state index >= 15 is 0 Å². The predicted octanol–water partition coefficient (Wildman–Crippen LogP) is 1.82. The van der Waals surface area contributed by atoms with Crippen LogP contribution in [0.25, 0.3) is 0 Å². The second-order valence-electron chi connectivity index (χ2n) is 5.65. The predicted molar refractivity (Wildman–Crippen MR) is 96.8 cm³/mol. The van der Waals surface area contributed by atoms with Gasteiger partial charge in [-0.15, -0.1) is 0 Å². The molecule has 0 unspecified atom stereocenters. The molecule has 5 heteroatoms. The smallest absolute Gasteiger partial charge is 0.0591 e. The summed E-state index contributed by atoms with van der Waals surface area (Å²) in [7, 11) is 0. The summed E-state index contributed by atoms with van der Waals surface area (Å²) in [6.07, 6.45) is 10.5. The number of ether oxygens (including phenoxy) is 1. The van der Waals surface area contributed by atoms with Gasteiger partial charge in [-0.3, -0.25) is 4.98 Å². The monoisotopic (exact) mass is 322 g/mol. The van der Waals surface area contributed by atoms with Crippen molar-refractivity contribution in [1.82, 2.24) is 20.9 Å². The van der Waals surface area contributed by atoms with Gasteiger partial charge in [0.05, 0.1) is 13.2 Å². The molecule has 0 spiro atoms. The van der Waals surface area contributed by atoms with E-state index in [1.807, 2.05) is 18.2 Å². The highest BCUT2D eigenvalue weighted by Gasteiger charge is 1.94. The normalized spacial score (nSPS) is 19.8.